The topological polar surface area (TPSA) is 122 Å². The number of carboxylic acid groups (broad SMARTS) is 1. The molecule has 280 valence electrons. The number of benzene rings is 1. The number of anilines is 1. The highest BCUT2D eigenvalue weighted by molar-refractivity contribution is 6.00. The standard InChI is InChI=1S/C38H39F5N6O4/c1-21-13-22-15-23(14-21)37(17-22,34(51)52)47-33(50)28-5-6-30(46-32(28)38(41,42)43)29-20-49(24-18-36(39,40)19-24)31-16-26(3-4-27(29)31)53-25-7-11-48(12-8-25)35-44-9-2-10-45-35/h2-6,9-10,16,20-25H,7-8,11-15,17-19H2,1H3,(H,47,50)(H,51,52). The van der Waals surface area contributed by atoms with Crippen molar-refractivity contribution in [2.45, 2.75) is 88.1 Å². The van der Waals surface area contributed by atoms with Gasteiger partial charge in [-0.1, -0.05) is 6.92 Å². The van der Waals surface area contributed by atoms with Gasteiger partial charge in [-0.2, -0.15) is 13.2 Å². The number of rotatable bonds is 8. The fraction of sp³-hybridized carbons (Fsp3) is 0.500. The van der Waals surface area contributed by atoms with E-state index in [-0.39, 0.29) is 35.6 Å². The van der Waals surface area contributed by atoms with Crippen molar-refractivity contribution in [3.63, 3.8) is 0 Å². The molecule has 2 bridgehead atoms. The molecule has 53 heavy (non-hydrogen) atoms. The molecule has 8 rings (SSSR count). The largest absolute Gasteiger partial charge is 0.490 e. The summed E-state index contributed by atoms with van der Waals surface area (Å²) < 4.78 is 80.1. The average molecular weight is 739 g/mol. The Morgan fingerprint density at radius 1 is 1.00 bits per heavy atom. The second kappa shape index (κ2) is 12.9. The lowest BCUT2D eigenvalue weighted by Crippen LogP contribution is -2.57. The number of aromatic nitrogens is 4. The van der Waals surface area contributed by atoms with E-state index >= 15 is 0 Å². The highest BCUT2D eigenvalue weighted by atomic mass is 19.4. The summed E-state index contributed by atoms with van der Waals surface area (Å²) in [6, 6.07) is 8.57. The number of carbonyl (C=O) groups excluding carboxylic acids is 1. The Morgan fingerprint density at radius 2 is 1.74 bits per heavy atom. The van der Waals surface area contributed by atoms with Crippen molar-refractivity contribution in [3.8, 4) is 17.0 Å². The third-order valence-electron chi connectivity index (χ3n) is 11.6. The van der Waals surface area contributed by atoms with Crippen LogP contribution in [0, 0.1) is 17.8 Å². The molecule has 4 unspecified atom stereocenters. The summed E-state index contributed by atoms with van der Waals surface area (Å²) in [5, 5.41) is 13.3. The minimum Gasteiger partial charge on any atom is -0.490 e. The van der Waals surface area contributed by atoms with E-state index in [9.17, 15) is 36.6 Å². The fourth-order valence-corrected chi connectivity index (χ4v) is 9.14. The monoisotopic (exact) mass is 738 g/mol. The normalized spacial score (nSPS) is 26.0. The average Bonchev–Trinajstić information content (AvgIpc) is 3.61. The maximum atomic E-state index is 14.7. The van der Waals surface area contributed by atoms with Gasteiger partial charge in [0.15, 0.2) is 5.69 Å². The molecular formula is C38H39F5N6O4. The Hall–Kier alpha value is -4.82. The van der Waals surface area contributed by atoms with Crippen LogP contribution in [-0.2, 0) is 11.0 Å². The smallest absolute Gasteiger partial charge is 0.434 e. The van der Waals surface area contributed by atoms with Crippen LogP contribution in [0.3, 0.4) is 0 Å². The number of halogens is 5. The van der Waals surface area contributed by atoms with E-state index in [1.54, 1.807) is 41.2 Å². The SMILES string of the molecule is CC1CC2CC(C1)C(NC(=O)c1ccc(-c3cn(C4CC(F)(F)C4)c4cc(OC5CCN(c6ncccn6)CC5)ccc34)nc1C(F)(F)F)(C(=O)O)C2. The van der Waals surface area contributed by atoms with Gasteiger partial charge in [0.1, 0.15) is 17.4 Å². The summed E-state index contributed by atoms with van der Waals surface area (Å²) in [6.07, 6.45) is 2.35. The summed E-state index contributed by atoms with van der Waals surface area (Å²) in [7, 11) is 0. The first kappa shape index (κ1) is 35.2. The van der Waals surface area contributed by atoms with E-state index < -0.39 is 65.6 Å². The van der Waals surface area contributed by atoms with Crippen molar-refractivity contribution in [2.24, 2.45) is 17.8 Å². The predicted octanol–water partition coefficient (Wildman–Crippen LogP) is 7.54. The van der Waals surface area contributed by atoms with Crippen LogP contribution in [0.5, 0.6) is 5.75 Å². The minimum absolute atomic E-state index is 0.0596. The van der Waals surface area contributed by atoms with Crippen LogP contribution in [0.15, 0.2) is 55.0 Å². The molecule has 4 fully saturated rings. The molecule has 3 aliphatic carbocycles. The lowest BCUT2D eigenvalue weighted by atomic mass is 9.78. The number of amides is 1. The number of fused-ring (bicyclic) bond motifs is 3. The lowest BCUT2D eigenvalue weighted by Gasteiger charge is -2.36. The maximum Gasteiger partial charge on any atom is 0.434 e. The van der Waals surface area contributed by atoms with Crippen LogP contribution in [0.4, 0.5) is 27.9 Å². The minimum atomic E-state index is -5.06. The number of nitrogens with one attached hydrogen (secondary N) is 1. The van der Waals surface area contributed by atoms with E-state index in [1.165, 1.54) is 12.3 Å². The van der Waals surface area contributed by atoms with Crippen LogP contribution in [0.2, 0.25) is 0 Å². The van der Waals surface area contributed by atoms with Gasteiger partial charge in [0.2, 0.25) is 5.95 Å². The number of nitrogens with zero attached hydrogens (tertiary/aromatic N) is 5. The zero-order valence-corrected chi connectivity index (χ0v) is 29.0. The second-order valence-electron chi connectivity index (χ2n) is 15.3. The lowest BCUT2D eigenvalue weighted by molar-refractivity contribution is -0.146. The molecule has 10 nitrogen and oxygen atoms in total. The van der Waals surface area contributed by atoms with Crippen molar-refractivity contribution in [1.29, 1.82) is 0 Å². The Morgan fingerprint density at radius 3 is 2.42 bits per heavy atom. The summed E-state index contributed by atoms with van der Waals surface area (Å²) in [4.78, 5) is 40.8. The molecule has 4 aromatic rings. The number of ether oxygens (including phenoxy) is 1. The molecule has 4 aliphatic rings. The Labute approximate surface area is 301 Å². The molecule has 1 aromatic carbocycles. The molecule has 2 N–H and O–H groups in total. The van der Waals surface area contributed by atoms with E-state index in [0.29, 0.717) is 61.4 Å². The van der Waals surface area contributed by atoms with Crippen LogP contribution in [0.1, 0.15) is 80.4 Å². The predicted molar refractivity (Wildman–Crippen MR) is 184 cm³/mol. The molecule has 3 aromatic heterocycles. The fourth-order valence-electron chi connectivity index (χ4n) is 9.14. The second-order valence-corrected chi connectivity index (χ2v) is 15.3. The molecule has 1 saturated heterocycles. The van der Waals surface area contributed by atoms with Gasteiger partial charge in [-0.3, -0.25) is 4.79 Å². The number of hydrogen-bond donors (Lipinski definition) is 2. The molecule has 1 amide bonds. The van der Waals surface area contributed by atoms with Crippen molar-refractivity contribution in [1.82, 2.24) is 24.8 Å². The number of alkyl halides is 5. The van der Waals surface area contributed by atoms with Crippen LogP contribution in [-0.4, -0.2) is 67.2 Å². The summed E-state index contributed by atoms with van der Waals surface area (Å²) in [5.41, 5.74) is -3.22. The zero-order chi connectivity index (χ0) is 37.3. The molecule has 15 heteroatoms. The molecule has 1 aliphatic heterocycles. The Bertz CT molecular complexity index is 2040. The van der Waals surface area contributed by atoms with Gasteiger partial charge in [0, 0.05) is 80.4 Å². The van der Waals surface area contributed by atoms with Gasteiger partial charge >= 0.3 is 12.1 Å². The first-order valence-electron chi connectivity index (χ1n) is 18.0. The maximum absolute atomic E-state index is 14.7. The number of pyridine rings is 1. The molecule has 4 heterocycles. The van der Waals surface area contributed by atoms with Gasteiger partial charge < -0.3 is 24.6 Å². The summed E-state index contributed by atoms with van der Waals surface area (Å²) in [5.74, 6) is -4.21. The first-order valence-corrected chi connectivity index (χ1v) is 18.0. The van der Waals surface area contributed by atoms with Crippen molar-refractivity contribution in [3.05, 3.63) is 66.2 Å². The van der Waals surface area contributed by atoms with Crippen LogP contribution in [0.25, 0.3) is 22.2 Å². The Kier molecular flexibility index (Phi) is 8.60. The van der Waals surface area contributed by atoms with Gasteiger partial charge in [-0.25, -0.2) is 28.5 Å². The van der Waals surface area contributed by atoms with Crippen LogP contribution < -0.4 is 15.0 Å². The molecule has 0 radical (unpaired) electrons. The van der Waals surface area contributed by atoms with E-state index in [4.69, 9.17) is 4.74 Å². The Balaban J connectivity index is 1.09. The number of carboxylic acids is 1. The third-order valence-corrected chi connectivity index (χ3v) is 11.6. The van der Waals surface area contributed by atoms with Crippen molar-refractivity contribution >= 4 is 28.7 Å². The van der Waals surface area contributed by atoms with Crippen molar-refractivity contribution in [2.75, 3.05) is 18.0 Å². The molecule has 4 atom stereocenters. The van der Waals surface area contributed by atoms with Crippen molar-refractivity contribution < 1.29 is 41.4 Å². The summed E-state index contributed by atoms with van der Waals surface area (Å²) >= 11 is 0. The zero-order valence-electron chi connectivity index (χ0n) is 29.0. The van der Waals surface area contributed by atoms with Gasteiger partial charge in [0.25, 0.3) is 11.8 Å². The van der Waals surface area contributed by atoms with E-state index in [1.807, 2.05) is 6.92 Å². The van der Waals surface area contributed by atoms with Gasteiger partial charge in [-0.05, 0) is 73.8 Å². The van der Waals surface area contributed by atoms with Crippen LogP contribution >= 0.6 is 0 Å². The summed E-state index contributed by atoms with van der Waals surface area (Å²) in [6.45, 7) is 3.36. The first-order chi connectivity index (χ1) is 25.2. The molecule has 0 spiro atoms. The number of piperidine rings is 1. The third kappa shape index (κ3) is 6.56. The highest BCUT2D eigenvalue weighted by Crippen LogP contribution is 2.51. The number of carbonyl (C=O) groups is 2. The molecular weight excluding hydrogens is 699 g/mol. The highest BCUT2D eigenvalue weighted by Gasteiger charge is 2.56. The molecule has 3 saturated carbocycles. The number of aliphatic carboxylic acids is 1. The quantitative estimate of drug-likeness (QED) is 0.178. The number of hydrogen-bond acceptors (Lipinski definition) is 7. The van der Waals surface area contributed by atoms with Gasteiger partial charge in [-0.15, -0.1) is 0 Å². The van der Waals surface area contributed by atoms with E-state index in [0.717, 1.165) is 12.5 Å². The van der Waals surface area contributed by atoms with Gasteiger partial charge in [0.05, 0.1) is 16.8 Å². The van der Waals surface area contributed by atoms with E-state index in [2.05, 4.69) is 25.2 Å².